The van der Waals surface area contributed by atoms with Crippen LogP contribution in [0.1, 0.15) is 15.9 Å². The van der Waals surface area contributed by atoms with Gasteiger partial charge in [-0.15, -0.1) is 0 Å². The lowest BCUT2D eigenvalue weighted by molar-refractivity contribution is -0.120. The van der Waals surface area contributed by atoms with Crippen LogP contribution in [0.15, 0.2) is 36.4 Å². The predicted molar refractivity (Wildman–Crippen MR) is 68.0 cm³/mol. The fourth-order valence-corrected chi connectivity index (χ4v) is 1.72. The highest BCUT2D eigenvalue weighted by atomic mass is 16.5. The second-order valence-electron chi connectivity index (χ2n) is 3.87. The monoisotopic (exact) mass is 274 g/mol. The van der Waals surface area contributed by atoms with Crippen LogP contribution < -0.4 is 4.74 Å². The summed E-state index contributed by atoms with van der Waals surface area (Å²) in [7, 11) is 0. The average molecular weight is 274 g/mol. The van der Waals surface area contributed by atoms with Crippen molar-refractivity contribution >= 4 is 12.3 Å². The van der Waals surface area contributed by atoms with E-state index in [0.29, 0.717) is 0 Å². The van der Waals surface area contributed by atoms with Gasteiger partial charge in [-0.3, -0.25) is 9.59 Å². The minimum Gasteiger partial charge on any atom is -0.507 e. The topological polar surface area (TPSA) is 104 Å². The van der Waals surface area contributed by atoms with Crippen molar-refractivity contribution < 1.29 is 29.6 Å². The number of hydrogen-bond donors (Lipinski definition) is 3. The van der Waals surface area contributed by atoms with E-state index in [4.69, 9.17) is 0 Å². The fourth-order valence-electron chi connectivity index (χ4n) is 1.72. The Kier molecular flexibility index (Phi) is 3.56. The molecular weight excluding hydrogens is 264 g/mol. The van der Waals surface area contributed by atoms with E-state index in [1.807, 2.05) is 0 Å². The summed E-state index contributed by atoms with van der Waals surface area (Å²) >= 11 is 0. The van der Waals surface area contributed by atoms with E-state index >= 15 is 0 Å². The second kappa shape index (κ2) is 5.31. The van der Waals surface area contributed by atoms with E-state index in [0.717, 1.165) is 6.07 Å². The van der Waals surface area contributed by atoms with Crippen LogP contribution in [0, 0.1) is 0 Å². The molecule has 0 aromatic heterocycles. The summed E-state index contributed by atoms with van der Waals surface area (Å²) in [4.78, 5) is 22.7. The first-order valence-corrected chi connectivity index (χ1v) is 5.54. The van der Waals surface area contributed by atoms with E-state index in [2.05, 4.69) is 4.74 Å². The number of phenolic OH excluding ortho intramolecular Hbond substituents is 3. The van der Waals surface area contributed by atoms with Crippen LogP contribution in [-0.2, 0) is 4.79 Å². The highest BCUT2D eigenvalue weighted by Gasteiger charge is 2.22. The molecule has 2 rings (SSSR count). The van der Waals surface area contributed by atoms with Crippen molar-refractivity contribution in [2.24, 2.45) is 0 Å². The molecule has 0 atom stereocenters. The Labute approximate surface area is 113 Å². The number of carbonyl (C=O) groups excluding carboxylic acids is 2. The van der Waals surface area contributed by atoms with Crippen molar-refractivity contribution in [1.29, 1.82) is 0 Å². The zero-order chi connectivity index (χ0) is 14.7. The molecule has 0 unspecified atom stereocenters. The lowest BCUT2D eigenvalue weighted by Crippen LogP contribution is -2.05. The van der Waals surface area contributed by atoms with Gasteiger partial charge in [-0.05, 0) is 24.3 Å². The molecule has 0 aliphatic heterocycles. The molecule has 0 heterocycles. The Bertz CT molecular complexity index is 677. The van der Waals surface area contributed by atoms with Crippen molar-refractivity contribution in [2.75, 3.05) is 0 Å². The van der Waals surface area contributed by atoms with E-state index in [1.54, 1.807) is 12.1 Å². The van der Waals surface area contributed by atoms with Crippen molar-refractivity contribution in [3.63, 3.8) is 0 Å². The van der Waals surface area contributed by atoms with Crippen molar-refractivity contribution in [3.05, 3.63) is 47.5 Å². The molecule has 6 heteroatoms. The number of phenols is 3. The Morgan fingerprint density at radius 1 is 0.950 bits per heavy atom. The maximum absolute atomic E-state index is 12.3. The highest BCUT2D eigenvalue weighted by molar-refractivity contribution is 6.13. The molecule has 0 saturated carbocycles. The minimum atomic E-state index is -0.724. The average Bonchev–Trinajstić information content (AvgIpc) is 2.44. The lowest BCUT2D eigenvalue weighted by Gasteiger charge is -2.10. The van der Waals surface area contributed by atoms with Crippen LogP contribution in [0.3, 0.4) is 0 Å². The van der Waals surface area contributed by atoms with Gasteiger partial charge in [0.25, 0.3) is 6.47 Å². The number of para-hydroxylation sites is 1. The smallest absolute Gasteiger partial charge is 0.298 e. The zero-order valence-corrected chi connectivity index (χ0v) is 10.1. The zero-order valence-electron chi connectivity index (χ0n) is 10.1. The first-order valence-electron chi connectivity index (χ1n) is 5.54. The predicted octanol–water partition coefficient (Wildman–Crippen LogP) is 1.57. The second-order valence-corrected chi connectivity index (χ2v) is 3.87. The molecule has 0 aliphatic carbocycles. The van der Waals surface area contributed by atoms with Crippen LogP contribution >= 0.6 is 0 Å². The van der Waals surface area contributed by atoms with Gasteiger partial charge in [0.05, 0.1) is 11.1 Å². The standard InChI is InChI=1S/C14H10O6/c15-7-20-14-9(5-6-11(17)13(14)19)12(18)8-3-1-2-4-10(8)16/h1-7,16-17,19H. The molecule has 0 spiro atoms. The Morgan fingerprint density at radius 3 is 2.30 bits per heavy atom. The van der Waals surface area contributed by atoms with E-state index in [9.17, 15) is 24.9 Å². The summed E-state index contributed by atoms with van der Waals surface area (Å²) in [6, 6.07) is 8.07. The molecule has 102 valence electrons. The summed E-state index contributed by atoms with van der Waals surface area (Å²) in [6.45, 7) is 0.0239. The Balaban J connectivity index is 2.58. The molecule has 0 bridgehead atoms. The van der Waals surface area contributed by atoms with Gasteiger partial charge in [0.2, 0.25) is 11.5 Å². The van der Waals surface area contributed by atoms with Crippen LogP contribution in [0.25, 0.3) is 0 Å². The van der Waals surface area contributed by atoms with Crippen LogP contribution in [-0.4, -0.2) is 27.6 Å². The number of rotatable bonds is 4. The summed E-state index contributed by atoms with van der Waals surface area (Å²) in [5, 5.41) is 28.6. The molecule has 6 nitrogen and oxygen atoms in total. The molecule has 2 aromatic rings. The molecule has 0 amide bonds. The molecule has 0 radical (unpaired) electrons. The molecule has 2 aromatic carbocycles. The van der Waals surface area contributed by atoms with Crippen LogP contribution in [0.4, 0.5) is 0 Å². The maximum Gasteiger partial charge on any atom is 0.298 e. The van der Waals surface area contributed by atoms with Gasteiger partial charge in [0.1, 0.15) is 5.75 Å². The van der Waals surface area contributed by atoms with Gasteiger partial charge in [0, 0.05) is 0 Å². The summed E-state index contributed by atoms with van der Waals surface area (Å²) in [5.74, 6) is -2.63. The van der Waals surface area contributed by atoms with Gasteiger partial charge in [-0.2, -0.15) is 0 Å². The fraction of sp³-hybridized carbons (Fsp3) is 0. The number of ether oxygens (including phenoxy) is 1. The van der Waals surface area contributed by atoms with Gasteiger partial charge < -0.3 is 20.1 Å². The first kappa shape index (κ1) is 13.4. The Hall–Kier alpha value is -3.02. The summed E-state index contributed by atoms with van der Waals surface area (Å²) < 4.78 is 4.54. The third-order valence-electron chi connectivity index (χ3n) is 2.67. The van der Waals surface area contributed by atoms with E-state index < -0.39 is 23.0 Å². The van der Waals surface area contributed by atoms with E-state index in [-0.39, 0.29) is 23.3 Å². The number of ketones is 1. The first-order chi connectivity index (χ1) is 9.56. The van der Waals surface area contributed by atoms with Crippen LogP contribution in [0.2, 0.25) is 0 Å². The number of benzene rings is 2. The maximum atomic E-state index is 12.3. The molecule has 0 fully saturated rings. The highest BCUT2D eigenvalue weighted by Crippen LogP contribution is 2.39. The third kappa shape index (κ3) is 2.26. The normalized spacial score (nSPS) is 10.0. The van der Waals surface area contributed by atoms with Crippen LogP contribution in [0.5, 0.6) is 23.0 Å². The SMILES string of the molecule is O=COc1c(C(=O)c2ccccc2O)ccc(O)c1O. The third-order valence-corrected chi connectivity index (χ3v) is 2.67. The number of hydrogen-bond acceptors (Lipinski definition) is 6. The molecule has 0 saturated heterocycles. The molecule has 3 N–H and O–H groups in total. The van der Waals surface area contributed by atoms with Crippen molar-refractivity contribution in [1.82, 2.24) is 0 Å². The van der Waals surface area contributed by atoms with Gasteiger partial charge >= 0.3 is 0 Å². The quantitative estimate of drug-likeness (QED) is 0.444. The molecular formula is C14H10O6. The summed E-state index contributed by atoms with van der Waals surface area (Å²) in [5.41, 5.74) is -0.178. The number of aromatic hydroxyl groups is 3. The van der Waals surface area contributed by atoms with Gasteiger partial charge in [-0.25, -0.2) is 0 Å². The lowest BCUT2D eigenvalue weighted by atomic mass is 10.0. The largest absolute Gasteiger partial charge is 0.507 e. The molecule has 0 aliphatic rings. The van der Waals surface area contributed by atoms with Gasteiger partial charge in [-0.1, -0.05) is 12.1 Å². The summed E-state index contributed by atoms with van der Waals surface area (Å²) in [6.07, 6.45) is 0. The Morgan fingerprint density at radius 2 is 1.65 bits per heavy atom. The van der Waals surface area contributed by atoms with Crippen molar-refractivity contribution in [3.8, 4) is 23.0 Å². The van der Waals surface area contributed by atoms with E-state index in [1.165, 1.54) is 18.2 Å². The number of carbonyl (C=O) groups is 2. The van der Waals surface area contributed by atoms with Crippen molar-refractivity contribution in [2.45, 2.75) is 0 Å². The molecule has 20 heavy (non-hydrogen) atoms. The minimum absolute atomic E-state index is 0.0201. The van der Waals surface area contributed by atoms with Gasteiger partial charge in [0.15, 0.2) is 11.5 Å².